The highest BCUT2D eigenvalue weighted by Crippen LogP contribution is 2.16. The van der Waals surface area contributed by atoms with Gasteiger partial charge in [-0.1, -0.05) is 0 Å². The summed E-state index contributed by atoms with van der Waals surface area (Å²) >= 11 is 1.40. The number of nitrogens with one attached hydrogen (secondary N) is 1. The molecule has 3 N–H and O–H groups in total. The SMILES string of the molecule is Cc1cc(N)cc(S(=O)(=O)NCc2cncs2)c1. The van der Waals surface area contributed by atoms with E-state index in [1.165, 1.54) is 17.4 Å². The Kier molecular flexibility index (Phi) is 3.65. The molecule has 0 amide bonds. The summed E-state index contributed by atoms with van der Waals surface area (Å²) in [5.41, 5.74) is 8.56. The van der Waals surface area contributed by atoms with E-state index in [0.29, 0.717) is 5.69 Å². The van der Waals surface area contributed by atoms with Crippen LogP contribution in [0.2, 0.25) is 0 Å². The Bertz CT molecular complexity index is 616. The molecule has 7 heteroatoms. The Balaban J connectivity index is 2.20. The van der Waals surface area contributed by atoms with Gasteiger partial charge in [0.05, 0.1) is 10.4 Å². The molecule has 0 bridgehead atoms. The lowest BCUT2D eigenvalue weighted by molar-refractivity contribution is 0.581. The van der Waals surface area contributed by atoms with Gasteiger partial charge in [-0.05, 0) is 30.7 Å². The van der Waals surface area contributed by atoms with Gasteiger partial charge in [0.2, 0.25) is 10.0 Å². The van der Waals surface area contributed by atoms with Gasteiger partial charge in [0, 0.05) is 23.3 Å². The maximum absolute atomic E-state index is 12.0. The van der Waals surface area contributed by atoms with Crippen LogP contribution in [0, 0.1) is 6.92 Å². The van der Waals surface area contributed by atoms with Crippen LogP contribution < -0.4 is 10.5 Å². The van der Waals surface area contributed by atoms with Crippen molar-refractivity contribution in [2.45, 2.75) is 18.4 Å². The number of nitrogens with two attached hydrogens (primary N) is 1. The maximum Gasteiger partial charge on any atom is 0.240 e. The first kappa shape index (κ1) is 13.0. The van der Waals surface area contributed by atoms with E-state index in [0.717, 1.165) is 10.4 Å². The molecule has 96 valence electrons. The molecule has 5 nitrogen and oxygen atoms in total. The number of hydrogen-bond donors (Lipinski definition) is 2. The molecule has 0 saturated heterocycles. The second-order valence-electron chi connectivity index (χ2n) is 3.87. The third kappa shape index (κ3) is 3.06. The lowest BCUT2D eigenvalue weighted by Crippen LogP contribution is -2.23. The van der Waals surface area contributed by atoms with E-state index in [1.807, 2.05) is 0 Å². The van der Waals surface area contributed by atoms with E-state index in [1.54, 1.807) is 30.8 Å². The minimum Gasteiger partial charge on any atom is -0.399 e. The summed E-state index contributed by atoms with van der Waals surface area (Å²) in [4.78, 5) is 4.93. The van der Waals surface area contributed by atoms with Crippen molar-refractivity contribution >= 4 is 27.0 Å². The summed E-state index contributed by atoms with van der Waals surface area (Å²) in [6.07, 6.45) is 1.64. The summed E-state index contributed by atoms with van der Waals surface area (Å²) in [7, 11) is -3.53. The first-order chi connectivity index (χ1) is 8.47. The predicted molar refractivity (Wildman–Crippen MR) is 71.7 cm³/mol. The lowest BCUT2D eigenvalue weighted by atomic mass is 10.2. The summed E-state index contributed by atoms with van der Waals surface area (Å²) in [5, 5.41) is 0. The number of hydrogen-bond acceptors (Lipinski definition) is 5. The number of rotatable bonds is 4. The van der Waals surface area contributed by atoms with Crippen LogP contribution in [0.1, 0.15) is 10.4 Å². The fourth-order valence-electron chi connectivity index (χ4n) is 1.51. The van der Waals surface area contributed by atoms with Gasteiger partial charge >= 0.3 is 0 Å². The van der Waals surface area contributed by atoms with E-state index in [2.05, 4.69) is 9.71 Å². The zero-order chi connectivity index (χ0) is 13.2. The van der Waals surface area contributed by atoms with Crippen molar-refractivity contribution in [2.75, 3.05) is 5.73 Å². The minimum atomic E-state index is -3.53. The molecular formula is C11H13N3O2S2. The van der Waals surface area contributed by atoms with Crippen molar-refractivity contribution < 1.29 is 8.42 Å². The van der Waals surface area contributed by atoms with Gasteiger partial charge in [-0.15, -0.1) is 11.3 Å². The second kappa shape index (κ2) is 5.05. The highest BCUT2D eigenvalue weighted by molar-refractivity contribution is 7.89. The Morgan fingerprint density at radius 2 is 2.17 bits per heavy atom. The smallest absolute Gasteiger partial charge is 0.240 e. The molecule has 2 aromatic rings. The number of nitrogens with zero attached hydrogens (tertiary/aromatic N) is 1. The molecule has 2 rings (SSSR count). The molecule has 0 saturated carbocycles. The minimum absolute atomic E-state index is 0.185. The molecule has 0 spiro atoms. The van der Waals surface area contributed by atoms with Gasteiger partial charge in [0.25, 0.3) is 0 Å². The first-order valence-electron chi connectivity index (χ1n) is 5.21. The van der Waals surface area contributed by atoms with Crippen molar-refractivity contribution in [3.8, 4) is 0 Å². The Morgan fingerprint density at radius 3 is 2.78 bits per heavy atom. The number of benzene rings is 1. The Labute approximate surface area is 110 Å². The molecule has 0 unspecified atom stereocenters. The molecule has 0 radical (unpaired) electrons. The average molecular weight is 283 g/mol. The number of aryl methyl sites for hydroxylation is 1. The number of sulfonamides is 1. The van der Waals surface area contributed by atoms with Gasteiger partial charge in [-0.2, -0.15) is 0 Å². The average Bonchev–Trinajstić information content (AvgIpc) is 2.78. The highest BCUT2D eigenvalue weighted by atomic mass is 32.2. The third-order valence-corrected chi connectivity index (χ3v) is 4.46. The molecule has 1 heterocycles. The van der Waals surface area contributed by atoms with Crippen LogP contribution in [0.3, 0.4) is 0 Å². The van der Waals surface area contributed by atoms with Crippen LogP contribution in [0.4, 0.5) is 5.69 Å². The molecule has 0 aliphatic rings. The molecule has 1 aromatic heterocycles. The number of aromatic nitrogens is 1. The van der Waals surface area contributed by atoms with Crippen LogP contribution in [0.5, 0.6) is 0 Å². The molecule has 0 aliphatic heterocycles. The molecular weight excluding hydrogens is 270 g/mol. The Hall–Kier alpha value is -1.44. The zero-order valence-corrected chi connectivity index (χ0v) is 11.4. The maximum atomic E-state index is 12.0. The number of anilines is 1. The fourth-order valence-corrected chi connectivity index (χ4v) is 3.28. The highest BCUT2D eigenvalue weighted by Gasteiger charge is 2.14. The van der Waals surface area contributed by atoms with Crippen molar-refractivity contribution in [1.82, 2.24) is 9.71 Å². The normalized spacial score (nSPS) is 11.6. The van der Waals surface area contributed by atoms with Gasteiger partial charge in [-0.3, -0.25) is 4.98 Å². The van der Waals surface area contributed by atoms with Crippen molar-refractivity contribution in [3.05, 3.63) is 40.3 Å². The van der Waals surface area contributed by atoms with Crippen LogP contribution in [0.25, 0.3) is 0 Å². The van der Waals surface area contributed by atoms with E-state index in [-0.39, 0.29) is 11.4 Å². The van der Waals surface area contributed by atoms with Crippen molar-refractivity contribution in [2.24, 2.45) is 0 Å². The van der Waals surface area contributed by atoms with E-state index in [4.69, 9.17) is 5.73 Å². The first-order valence-corrected chi connectivity index (χ1v) is 7.58. The van der Waals surface area contributed by atoms with E-state index >= 15 is 0 Å². The summed E-state index contributed by atoms with van der Waals surface area (Å²) in [6, 6.07) is 4.76. The quantitative estimate of drug-likeness (QED) is 0.833. The van der Waals surface area contributed by atoms with Crippen molar-refractivity contribution in [3.63, 3.8) is 0 Å². The summed E-state index contributed by atoms with van der Waals surface area (Å²) < 4.78 is 26.6. The monoisotopic (exact) mass is 283 g/mol. The second-order valence-corrected chi connectivity index (χ2v) is 6.61. The Morgan fingerprint density at radius 1 is 1.39 bits per heavy atom. The molecule has 0 atom stereocenters. The van der Waals surface area contributed by atoms with Gasteiger partial charge in [0.15, 0.2) is 0 Å². The van der Waals surface area contributed by atoms with E-state index in [9.17, 15) is 8.42 Å². The van der Waals surface area contributed by atoms with Crippen molar-refractivity contribution in [1.29, 1.82) is 0 Å². The van der Waals surface area contributed by atoms with Gasteiger partial charge in [0.1, 0.15) is 0 Å². The van der Waals surface area contributed by atoms with Crippen LogP contribution in [-0.4, -0.2) is 13.4 Å². The topological polar surface area (TPSA) is 85.1 Å². The van der Waals surface area contributed by atoms with Gasteiger partial charge < -0.3 is 5.73 Å². The third-order valence-electron chi connectivity index (χ3n) is 2.30. The zero-order valence-electron chi connectivity index (χ0n) is 9.75. The van der Waals surface area contributed by atoms with E-state index < -0.39 is 10.0 Å². The molecule has 1 aromatic carbocycles. The largest absolute Gasteiger partial charge is 0.399 e. The predicted octanol–water partition coefficient (Wildman–Crippen LogP) is 1.51. The van der Waals surface area contributed by atoms with Crippen LogP contribution in [-0.2, 0) is 16.6 Å². The lowest BCUT2D eigenvalue weighted by Gasteiger charge is -2.07. The fraction of sp³-hybridized carbons (Fsp3) is 0.182. The summed E-state index contributed by atoms with van der Waals surface area (Å²) in [5.74, 6) is 0. The van der Waals surface area contributed by atoms with Crippen LogP contribution >= 0.6 is 11.3 Å². The molecule has 0 aliphatic carbocycles. The molecule has 18 heavy (non-hydrogen) atoms. The van der Waals surface area contributed by atoms with Gasteiger partial charge in [-0.25, -0.2) is 13.1 Å². The summed E-state index contributed by atoms with van der Waals surface area (Å²) in [6.45, 7) is 2.04. The number of thiazole rings is 1. The van der Waals surface area contributed by atoms with Crippen LogP contribution in [0.15, 0.2) is 34.8 Å². The molecule has 0 fully saturated rings. The standard InChI is InChI=1S/C11H13N3O2S2/c1-8-2-9(12)4-11(3-8)18(15,16)14-6-10-5-13-7-17-10/h2-5,7,14H,6,12H2,1H3. The number of nitrogen functional groups attached to an aromatic ring is 1.